The van der Waals surface area contributed by atoms with Crippen molar-refractivity contribution in [2.24, 2.45) is 23.7 Å². The number of carbonyl (C=O) groups is 4. The predicted octanol–water partition coefficient (Wildman–Crippen LogP) is 7.35. The van der Waals surface area contributed by atoms with Crippen molar-refractivity contribution in [3.05, 3.63) is 90.2 Å². The summed E-state index contributed by atoms with van der Waals surface area (Å²) in [4.78, 5) is 73.6. The van der Waals surface area contributed by atoms with Gasteiger partial charge in [-0.25, -0.2) is 19.6 Å². The van der Waals surface area contributed by atoms with Crippen LogP contribution in [0.25, 0.3) is 44.2 Å². The molecule has 0 spiro atoms. The zero-order valence-corrected chi connectivity index (χ0v) is 37.6. The summed E-state index contributed by atoms with van der Waals surface area (Å²) in [6.45, 7) is 7.79. The summed E-state index contributed by atoms with van der Waals surface area (Å²) in [7, 11) is 4.25. The Morgan fingerprint density at radius 2 is 1.66 bits per heavy atom. The van der Waals surface area contributed by atoms with Crippen molar-refractivity contribution < 1.29 is 38.1 Å². The first-order valence-corrected chi connectivity index (χ1v) is 22.3. The first-order chi connectivity index (χ1) is 31.4. The Bertz CT molecular complexity index is 2700. The van der Waals surface area contributed by atoms with E-state index in [1.165, 1.54) is 14.2 Å². The molecule has 0 saturated carbocycles. The molecule has 9 rings (SSSR count). The number of allylic oxidation sites excluding steroid dienone is 3. The Labute approximate surface area is 377 Å². The van der Waals surface area contributed by atoms with Crippen molar-refractivity contribution in [2.75, 3.05) is 41.0 Å². The standard InChI is InChI=1S/C49H56N8O8/c1-26(2)41(54-48(60)63-5)46(58)56-22-27(3)16-38(56)44-50-21-37(52-44)31-12-14-33-32(18-31)25-65-40-20-34-30(19-35(33)40)13-15-36-43(34)53-45(51-36)39-17-28(24-62-4)23-57(39)47(59)42(55-49(61)64-6)29-10-8-7-9-11-29/h7-10,12-15,18-21,26-29,38-39,41-42H,11,16-17,22-25H2,1-6H3,(H,50,52)(H,51,53)(H,54,60)(H,55,61)/t27-,28-,29?,38-,39-,41-,42+/m0/s1. The number of imidazole rings is 2. The van der Waals surface area contributed by atoms with Crippen LogP contribution in [0.4, 0.5) is 9.59 Å². The summed E-state index contributed by atoms with van der Waals surface area (Å²) in [5, 5.41) is 7.46. The molecule has 65 heavy (non-hydrogen) atoms. The number of ether oxygens (including phenoxy) is 4. The van der Waals surface area contributed by atoms with Gasteiger partial charge in [-0.05, 0) is 77.4 Å². The van der Waals surface area contributed by atoms with Crippen LogP contribution in [0.1, 0.15) is 69.3 Å². The quantitative estimate of drug-likeness (QED) is 0.104. The maximum atomic E-state index is 14.5. The van der Waals surface area contributed by atoms with Gasteiger partial charge in [0.15, 0.2) is 0 Å². The molecule has 4 amide bonds. The Hall–Kier alpha value is -6.68. The lowest BCUT2D eigenvalue weighted by Gasteiger charge is -2.31. The van der Waals surface area contributed by atoms with Crippen LogP contribution in [0.15, 0.2) is 73.0 Å². The van der Waals surface area contributed by atoms with Crippen molar-refractivity contribution in [1.82, 2.24) is 40.4 Å². The number of nitrogens with one attached hydrogen (secondary N) is 4. The topological polar surface area (TPSA) is 193 Å². The van der Waals surface area contributed by atoms with Crippen molar-refractivity contribution in [1.29, 1.82) is 0 Å². The zero-order valence-electron chi connectivity index (χ0n) is 37.6. The molecule has 4 aliphatic rings. The van der Waals surface area contributed by atoms with Gasteiger partial charge in [-0.2, -0.15) is 0 Å². The van der Waals surface area contributed by atoms with Crippen molar-refractivity contribution in [2.45, 2.75) is 70.8 Å². The summed E-state index contributed by atoms with van der Waals surface area (Å²) in [6.07, 6.45) is 10.3. The van der Waals surface area contributed by atoms with Crippen LogP contribution in [0, 0.1) is 23.7 Å². The summed E-state index contributed by atoms with van der Waals surface area (Å²) in [5.41, 5.74) is 6.49. The van der Waals surface area contributed by atoms with Gasteiger partial charge in [0, 0.05) is 43.0 Å². The Morgan fingerprint density at radius 3 is 2.42 bits per heavy atom. The Morgan fingerprint density at radius 1 is 0.877 bits per heavy atom. The number of fused-ring (bicyclic) bond motifs is 6. The molecule has 16 heteroatoms. The van der Waals surface area contributed by atoms with E-state index >= 15 is 0 Å². The third-order valence-electron chi connectivity index (χ3n) is 13.3. The van der Waals surface area contributed by atoms with Crippen LogP contribution >= 0.6 is 0 Å². The van der Waals surface area contributed by atoms with Crippen molar-refractivity contribution in [3.63, 3.8) is 0 Å². The number of carbonyl (C=O) groups excluding carboxylic acids is 4. The average Bonchev–Trinajstić information content (AvgIpc) is 4.15. The number of rotatable bonds is 11. The summed E-state index contributed by atoms with van der Waals surface area (Å²) >= 11 is 0. The van der Waals surface area contributed by atoms with E-state index in [1.54, 1.807) is 7.11 Å². The number of benzene rings is 3. The number of nitrogens with zero attached hydrogens (tertiary/aromatic N) is 4. The maximum Gasteiger partial charge on any atom is 0.407 e. The van der Waals surface area contributed by atoms with Crippen LogP contribution in [-0.4, -0.2) is 107 Å². The van der Waals surface area contributed by atoms with Gasteiger partial charge in [0.1, 0.15) is 36.1 Å². The number of aromatic nitrogens is 4. The molecular formula is C49H56N8O8. The van der Waals surface area contributed by atoms with Crippen LogP contribution in [0.2, 0.25) is 0 Å². The highest BCUT2D eigenvalue weighted by Crippen LogP contribution is 2.44. The zero-order chi connectivity index (χ0) is 45.5. The predicted molar refractivity (Wildman–Crippen MR) is 244 cm³/mol. The maximum absolute atomic E-state index is 14.5. The van der Waals surface area contributed by atoms with Gasteiger partial charge < -0.3 is 49.3 Å². The SMILES string of the molecule is COC[C@H]1C[C@@H](c2nc3c(ccc4cc5c(cc43)OCc3cc(-c4cnc([C@@H]6C[C@H](C)CN6C(=O)[C@@H](NC(=O)OC)C(C)C)[nH]4)ccc3-5)[nH]2)N(C(=O)[C@H](NC(=O)OC)C2C=CC=CC2)C1. The number of H-pyrrole nitrogens is 2. The molecule has 0 radical (unpaired) electrons. The largest absolute Gasteiger partial charge is 0.488 e. The highest BCUT2D eigenvalue weighted by molar-refractivity contribution is 6.07. The number of methoxy groups -OCH3 is 3. The normalized spacial score (nSPS) is 22.1. The first-order valence-electron chi connectivity index (χ1n) is 22.3. The molecule has 16 nitrogen and oxygen atoms in total. The Balaban J connectivity index is 0.976. The van der Waals surface area contributed by atoms with Crippen LogP contribution < -0.4 is 15.4 Å². The minimum Gasteiger partial charge on any atom is -0.488 e. The first kappa shape index (κ1) is 43.6. The number of likely N-dealkylation sites (tertiary alicyclic amines) is 2. The fourth-order valence-corrected chi connectivity index (χ4v) is 10.1. The van der Waals surface area contributed by atoms with Gasteiger partial charge in [0.25, 0.3) is 0 Å². The third-order valence-corrected chi connectivity index (χ3v) is 13.3. The van der Waals surface area contributed by atoms with Gasteiger partial charge >= 0.3 is 12.2 Å². The monoisotopic (exact) mass is 884 g/mol. The van der Waals surface area contributed by atoms with E-state index < -0.39 is 24.3 Å². The Kier molecular flexibility index (Phi) is 12.1. The molecule has 2 aromatic heterocycles. The lowest BCUT2D eigenvalue weighted by Crippen LogP contribution is -2.52. The minimum absolute atomic E-state index is 0.0776. The van der Waals surface area contributed by atoms with Crippen LogP contribution in [-0.2, 0) is 30.4 Å². The molecule has 2 fully saturated rings. The van der Waals surface area contributed by atoms with Gasteiger partial charge in [0.2, 0.25) is 11.8 Å². The summed E-state index contributed by atoms with van der Waals surface area (Å²) in [5.74, 6) is 1.75. The third kappa shape index (κ3) is 8.42. The molecule has 1 unspecified atom stereocenters. The number of aromatic amines is 2. The smallest absolute Gasteiger partial charge is 0.407 e. The van der Waals surface area contributed by atoms with Gasteiger partial charge in [-0.15, -0.1) is 0 Å². The second-order valence-electron chi connectivity index (χ2n) is 18.1. The summed E-state index contributed by atoms with van der Waals surface area (Å²) < 4.78 is 21.8. The van der Waals surface area contributed by atoms with E-state index in [0.717, 1.165) is 61.9 Å². The lowest BCUT2D eigenvalue weighted by molar-refractivity contribution is -0.136. The van der Waals surface area contributed by atoms with Gasteiger partial charge in [-0.3, -0.25) is 9.59 Å². The highest BCUT2D eigenvalue weighted by Gasteiger charge is 2.43. The minimum atomic E-state index is -0.817. The lowest BCUT2D eigenvalue weighted by atomic mass is 9.91. The average molecular weight is 885 g/mol. The van der Waals surface area contributed by atoms with E-state index in [0.29, 0.717) is 50.8 Å². The second-order valence-corrected chi connectivity index (χ2v) is 18.1. The van der Waals surface area contributed by atoms with Crippen molar-refractivity contribution in [3.8, 4) is 28.1 Å². The van der Waals surface area contributed by atoms with Gasteiger partial charge in [-0.1, -0.05) is 63.3 Å². The molecule has 5 heterocycles. The van der Waals surface area contributed by atoms with Crippen LogP contribution in [0.5, 0.6) is 5.75 Å². The molecule has 3 aliphatic heterocycles. The molecule has 0 bridgehead atoms. The molecule has 4 N–H and O–H groups in total. The molecule has 3 aromatic carbocycles. The highest BCUT2D eigenvalue weighted by atomic mass is 16.5. The van der Waals surface area contributed by atoms with E-state index in [2.05, 4.69) is 63.9 Å². The number of hydrogen-bond acceptors (Lipinski definition) is 10. The van der Waals surface area contributed by atoms with E-state index in [-0.39, 0.29) is 47.6 Å². The molecule has 340 valence electrons. The number of alkyl carbamates (subject to hydrolysis) is 2. The van der Waals surface area contributed by atoms with E-state index in [4.69, 9.17) is 28.9 Å². The molecular weight excluding hydrogens is 829 g/mol. The number of amides is 4. The fraction of sp³-hybridized carbons (Fsp3) is 0.429. The van der Waals surface area contributed by atoms with E-state index in [1.807, 2.05) is 60.2 Å². The second kappa shape index (κ2) is 18.1. The molecule has 1 aliphatic carbocycles. The molecule has 5 aromatic rings. The van der Waals surface area contributed by atoms with E-state index in [9.17, 15) is 19.2 Å². The van der Waals surface area contributed by atoms with Gasteiger partial charge in [0.05, 0.1) is 55.8 Å². The molecule has 2 saturated heterocycles. The fourth-order valence-electron chi connectivity index (χ4n) is 10.1. The molecule has 7 atom stereocenters. The van der Waals surface area contributed by atoms with Crippen LogP contribution in [0.3, 0.4) is 0 Å². The number of hydrogen-bond donors (Lipinski definition) is 4. The summed E-state index contributed by atoms with van der Waals surface area (Å²) in [6, 6.07) is 12.4. The van der Waals surface area contributed by atoms with Crippen molar-refractivity contribution >= 4 is 45.8 Å².